The molecule has 1 aliphatic heterocycles. The molecule has 2 aromatic heterocycles. The zero-order chi connectivity index (χ0) is 38.9. The molecular formula is C33H49N6O12P. The zero-order valence-electron chi connectivity index (χ0n) is 30.8. The van der Waals surface area contributed by atoms with E-state index in [0.29, 0.717) is 5.52 Å². The molecule has 0 radical (unpaired) electrons. The second kappa shape index (κ2) is 18.1. The average Bonchev–Trinajstić information content (AvgIpc) is 3.67. The number of nitriles is 1. The van der Waals surface area contributed by atoms with Crippen LogP contribution >= 0.6 is 7.75 Å². The third-order valence-electron chi connectivity index (χ3n) is 8.29. The predicted octanol–water partition coefficient (Wildman–Crippen LogP) is 3.72. The van der Waals surface area contributed by atoms with Crippen LogP contribution in [0.3, 0.4) is 0 Å². The van der Waals surface area contributed by atoms with Gasteiger partial charge in [0.2, 0.25) is 12.4 Å². The van der Waals surface area contributed by atoms with E-state index in [1.54, 1.807) is 20.8 Å². The van der Waals surface area contributed by atoms with Crippen LogP contribution in [0.1, 0.15) is 86.8 Å². The number of nitrogens with one attached hydrogen (secondary N) is 1. The van der Waals surface area contributed by atoms with E-state index in [-0.39, 0.29) is 36.9 Å². The highest BCUT2D eigenvalue weighted by atomic mass is 31.2. The standard InChI is InChI=1S/C33H49N6O12P/c1-9-21(10-2)15-45-30(42)20(5)38-52(44,48-19-46-31(43)32(6,7)8)47-16-23-27(49-25(40)11-3)28(50-26(41)12-4)33(17-34,51-23)24-14-13-22-29(35)36-18-37-39(22)24/h13-14,18,20-21,23,27-28H,9-12,15-16,19H2,1-8H3,(H,38,44)(H2,35,36,37)/t20-,23+,27+,28+,33-,52?/m0/s1. The maximum Gasteiger partial charge on any atom is 0.409 e. The van der Waals surface area contributed by atoms with Crippen LogP contribution < -0.4 is 10.8 Å². The van der Waals surface area contributed by atoms with Crippen molar-refractivity contribution < 1.29 is 56.5 Å². The molecule has 0 bridgehead atoms. The smallest absolute Gasteiger partial charge is 0.409 e. The molecule has 6 atom stereocenters. The molecular weight excluding hydrogens is 703 g/mol. The van der Waals surface area contributed by atoms with E-state index in [4.69, 9.17) is 38.5 Å². The SMILES string of the molecule is CCC(=O)O[C@H]1[C@@H](OC(=O)CC)[C@](C#N)(c2ccc3c(N)ncnn23)O[C@@H]1COP(=O)(N[C@@H](C)C(=O)OCC(CC)CC)OCOC(=O)C(C)(C)C. The first-order chi connectivity index (χ1) is 24.5. The summed E-state index contributed by atoms with van der Waals surface area (Å²) in [5.74, 6) is -2.73. The van der Waals surface area contributed by atoms with Crippen LogP contribution in [0.25, 0.3) is 5.52 Å². The molecule has 2 aromatic rings. The second-order valence-electron chi connectivity index (χ2n) is 13.1. The quantitative estimate of drug-likeness (QED) is 0.0954. The van der Waals surface area contributed by atoms with E-state index < -0.39 is 80.4 Å². The van der Waals surface area contributed by atoms with Gasteiger partial charge in [-0.1, -0.05) is 40.5 Å². The first kappa shape index (κ1) is 42.3. The third-order valence-corrected chi connectivity index (χ3v) is 9.93. The minimum absolute atomic E-state index is 0.0496. The van der Waals surface area contributed by atoms with Gasteiger partial charge < -0.3 is 29.4 Å². The summed E-state index contributed by atoms with van der Waals surface area (Å²) < 4.78 is 55.0. The molecule has 288 valence electrons. The summed E-state index contributed by atoms with van der Waals surface area (Å²) in [4.78, 5) is 54.8. The van der Waals surface area contributed by atoms with E-state index in [1.807, 2.05) is 13.8 Å². The topological polar surface area (TPSA) is 242 Å². The van der Waals surface area contributed by atoms with Gasteiger partial charge in [-0.2, -0.15) is 10.4 Å². The van der Waals surface area contributed by atoms with Gasteiger partial charge in [-0.3, -0.25) is 28.2 Å². The van der Waals surface area contributed by atoms with Gasteiger partial charge in [0.1, 0.15) is 30.1 Å². The molecule has 0 aromatic carbocycles. The van der Waals surface area contributed by atoms with Crippen molar-refractivity contribution >= 4 is 43.0 Å². The lowest BCUT2D eigenvalue weighted by atomic mass is 9.92. The molecule has 0 amide bonds. The number of nitrogens with zero attached hydrogens (tertiary/aromatic N) is 4. The van der Waals surface area contributed by atoms with E-state index in [1.165, 1.54) is 37.4 Å². The van der Waals surface area contributed by atoms with E-state index in [9.17, 15) is 29.0 Å². The number of aromatic nitrogens is 3. The molecule has 0 saturated carbocycles. The molecule has 19 heteroatoms. The molecule has 1 unspecified atom stereocenters. The fraction of sp³-hybridized carbons (Fsp3) is 0.667. The van der Waals surface area contributed by atoms with E-state index in [0.717, 1.165) is 19.2 Å². The van der Waals surface area contributed by atoms with Crippen LogP contribution in [0.15, 0.2) is 18.5 Å². The summed E-state index contributed by atoms with van der Waals surface area (Å²) in [6, 6.07) is 3.80. The minimum Gasteiger partial charge on any atom is -0.464 e. The van der Waals surface area contributed by atoms with Gasteiger partial charge in [-0.25, -0.2) is 19.2 Å². The first-order valence-corrected chi connectivity index (χ1v) is 18.6. The fourth-order valence-corrected chi connectivity index (χ4v) is 6.39. The highest BCUT2D eigenvalue weighted by molar-refractivity contribution is 7.51. The van der Waals surface area contributed by atoms with Gasteiger partial charge in [0, 0.05) is 12.8 Å². The van der Waals surface area contributed by atoms with Crippen LogP contribution in [0.4, 0.5) is 5.82 Å². The molecule has 0 spiro atoms. The number of hydrogen-bond donors (Lipinski definition) is 2. The molecule has 3 N–H and O–H groups in total. The van der Waals surface area contributed by atoms with Gasteiger partial charge >= 0.3 is 31.6 Å². The van der Waals surface area contributed by atoms with Crippen molar-refractivity contribution in [3.63, 3.8) is 0 Å². The number of rotatable bonds is 18. The molecule has 52 heavy (non-hydrogen) atoms. The number of esters is 4. The molecule has 0 aliphatic carbocycles. The van der Waals surface area contributed by atoms with E-state index in [2.05, 4.69) is 21.2 Å². The summed E-state index contributed by atoms with van der Waals surface area (Å²) >= 11 is 0. The average molecular weight is 753 g/mol. The zero-order valence-corrected chi connectivity index (χ0v) is 31.7. The Morgan fingerprint density at radius 2 is 1.73 bits per heavy atom. The highest BCUT2D eigenvalue weighted by Crippen LogP contribution is 2.48. The summed E-state index contributed by atoms with van der Waals surface area (Å²) in [7, 11) is -4.61. The number of ether oxygens (including phenoxy) is 5. The van der Waals surface area contributed by atoms with Crippen LogP contribution in [0.2, 0.25) is 0 Å². The van der Waals surface area contributed by atoms with Crippen molar-refractivity contribution in [3.05, 3.63) is 24.2 Å². The Morgan fingerprint density at radius 1 is 1.08 bits per heavy atom. The number of carbonyl (C=O) groups is 4. The van der Waals surface area contributed by atoms with Gasteiger partial charge in [0.25, 0.3) is 0 Å². The minimum atomic E-state index is -4.61. The van der Waals surface area contributed by atoms with Crippen LogP contribution in [-0.2, 0) is 62.1 Å². The number of carbonyl (C=O) groups excluding carboxylic acids is 4. The number of nitrogen functional groups attached to an aromatic ring is 1. The van der Waals surface area contributed by atoms with Crippen molar-refractivity contribution in [1.29, 1.82) is 5.26 Å². The Morgan fingerprint density at radius 3 is 2.33 bits per heavy atom. The van der Waals surface area contributed by atoms with Gasteiger partial charge in [-0.05, 0) is 45.7 Å². The third kappa shape index (κ3) is 10.0. The Balaban J connectivity index is 2.02. The van der Waals surface area contributed by atoms with Crippen LogP contribution in [0.5, 0.6) is 0 Å². The molecule has 18 nitrogen and oxygen atoms in total. The van der Waals surface area contributed by atoms with Crippen molar-refractivity contribution in [2.24, 2.45) is 11.3 Å². The van der Waals surface area contributed by atoms with Crippen molar-refractivity contribution in [1.82, 2.24) is 19.7 Å². The van der Waals surface area contributed by atoms with Crippen molar-refractivity contribution in [3.8, 4) is 6.07 Å². The first-order valence-electron chi connectivity index (χ1n) is 17.1. The second-order valence-corrected chi connectivity index (χ2v) is 14.9. The Hall–Kier alpha value is -4.14. The number of fused-ring (bicyclic) bond motifs is 1. The van der Waals surface area contributed by atoms with Gasteiger partial charge in [0.05, 0.1) is 24.3 Å². The summed E-state index contributed by atoms with van der Waals surface area (Å²) in [6.45, 7) is 11.7. The lowest BCUT2D eigenvalue weighted by molar-refractivity contribution is -0.169. The van der Waals surface area contributed by atoms with E-state index >= 15 is 0 Å². The molecule has 3 rings (SSSR count). The summed E-state index contributed by atoms with van der Waals surface area (Å²) in [5, 5.41) is 17.4. The Kier molecular flexibility index (Phi) is 14.7. The largest absolute Gasteiger partial charge is 0.464 e. The maximum absolute atomic E-state index is 14.2. The lowest BCUT2D eigenvalue weighted by Gasteiger charge is -2.28. The maximum atomic E-state index is 14.2. The number of anilines is 1. The summed E-state index contributed by atoms with van der Waals surface area (Å²) in [5.41, 5.74) is 3.27. The molecule has 1 aliphatic rings. The van der Waals surface area contributed by atoms with Crippen molar-refractivity contribution in [2.75, 3.05) is 25.7 Å². The van der Waals surface area contributed by atoms with Crippen LogP contribution in [0, 0.1) is 22.7 Å². The normalized spacial score (nSPS) is 22.0. The molecule has 1 fully saturated rings. The number of hydrogen-bond acceptors (Lipinski definition) is 16. The lowest BCUT2D eigenvalue weighted by Crippen LogP contribution is -2.46. The predicted molar refractivity (Wildman–Crippen MR) is 183 cm³/mol. The molecule has 1 saturated heterocycles. The van der Waals surface area contributed by atoms with Crippen molar-refractivity contribution in [2.45, 2.75) is 111 Å². The number of nitrogens with two attached hydrogens (primary N) is 1. The monoisotopic (exact) mass is 752 g/mol. The van der Waals surface area contributed by atoms with Gasteiger partial charge in [-0.15, -0.1) is 0 Å². The fourth-order valence-electron chi connectivity index (χ4n) is 5.05. The highest BCUT2D eigenvalue weighted by Gasteiger charge is 2.62. The van der Waals surface area contributed by atoms with Gasteiger partial charge in [0.15, 0.2) is 18.0 Å². The summed E-state index contributed by atoms with van der Waals surface area (Å²) in [6.07, 6.45) is -2.04. The molecule has 3 heterocycles. The van der Waals surface area contributed by atoms with Crippen LogP contribution in [-0.4, -0.2) is 82.8 Å². The Bertz CT molecular complexity index is 1670. The Labute approximate surface area is 302 Å².